The molecule has 1 aliphatic rings. The van der Waals surface area contributed by atoms with Gasteiger partial charge in [-0.1, -0.05) is 42.5 Å². The predicted octanol–water partition coefficient (Wildman–Crippen LogP) is 4.05. The molecule has 0 radical (unpaired) electrons. The van der Waals surface area contributed by atoms with Crippen molar-refractivity contribution in [2.75, 3.05) is 7.11 Å². The highest BCUT2D eigenvalue weighted by Gasteiger charge is 2.20. The molecule has 0 saturated heterocycles. The van der Waals surface area contributed by atoms with Gasteiger partial charge in [-0.05, 0) is 41.3 Å². The molecule has 1 aliphatic heterocycles. The molecular weight excluding hydrogens is 406 g/mol. The van der Waals surface area contributed by atoms with Crippen molar-refractivity contribution in [3.8, 4) is 22.6 Å². The molecule has 6 heteroatoms. The summed E-state index contributed by atoms with van der Waals surface area (Å²) in [6.45, 7) is 2.93. The average molecular weight is 434 g/mol. The third-order valence-electron chi connectivity index (χ3n) is 5.68. The fourth-order valence-corrected chi connectivity index (χ4v) is 3.87. The summed E-state index contributed by atoms with van der Waals surface area (Å²) >= 11 is 0. The largest absolute Gasteiger partial charge is 0.489 e. The lowest BCUT2D eigenvalue weighted by atomic mass is 9.93. The quantitative estimate of drug-likeness (QED) is 0.546. The van der Waals surface area contributed by atoms with Crippen LogP contribution in [0.15, 0.2) is 54.6 Å². The number of esters is 1. The number of carbonyl (C=O) groups is 1. The number of aliphatic hydroxyl groups is 1. The molecule has 0 spiro atoms. The summed E-state index contributed by atoms with van der Waals surface area (Å²) in [6.07, 6.45) is -0.538. The Hall–Kier alpha value is -3.35. The van der Waals surface area contributed by atoms with E-state index in [1.165, 1.54) is 7.11 Å². The lowest BCUT2D eigenvalue weighted by Gasteiger charge is -2.23. The summed E-state index contributed by atoms with van der Waals surface area (Å²) in [6, 6.07) is 17.5. The fraction of sp³-hybridized carbons (Fsp3) is 0.269. The molecule has 0 bridgehead atoms. The Morgan fingerprint density at radius 1 is 1.12 bits per heavy atom. The topological polar surface area (TPSA) is 91.0 Å². The lowest BCUT2D eigenvalue weighted by molar-refractivity contribution is -0.139. The molecule has 1 unspecified atom stereocenters. The molecule has 0 aliphatic carbocycles. The average Bonchev–Trinajstić information content (AvgIpc) is 2.82. The maximum Gasteiger partial charge on any atom is 0.310 e. The molecule has 0 aromatic heterocycles. The number of benzene rings is 3. The molecule has 166 valence electrons. The molecule has 1 atom stereocenters. The Morgan fingerprint density at radius 2 is 1.97 bits per heavy atom. The lowest BCUT2D eigenvalue weighted by Crippen LogP contribution is -2.10. The molecule has 3 aromatic rings. The number of methoxy groups -OCH3 is 1. The van der Waals surface area contributed by atoms with Crippen molar-refractivity contribution in [3.63, 3.8) is 0 Å². The van der Waals surface area contributed by atoms with Crippen molar-refractivity contribution >= 4 is 5.97 Å². The monoisotopic (exact) mass is 433 g/mol. The van der Waals surface area contributed by atoms with Crippen LogP contribution in [0.5, 0.6) is 11.5 Å². The zero-order valence-electron chi connectivity index (χ0n) is 18.3. The predicted molar refractivity (Wildman–Crippen MR) is 121 cm³/mol. The highest BCUT2D eigenvalue weighted by molar-refractivity contribution is 5.77. The highest BCUT2D eigenvalue weighted by Crippen LogP contribution is 2.40. The van der Waals surface area contributed by atoms with Gasteiger partial charge >= 0.3 is 5.97 Å². The van der Waals surface area contributed by atoms with Gasteiger partial charge < -0.3 is 25.1 Å². The van der Waals surface area contributed by atoms with Gasteiger partial charge in [0, 0.05) is 23.2 Å². The third-order valence-corrected chi connectivity index (χ3v) is 5.68. The van der Waals surface area contributed by atoms with Crippen LogP contribution >= 0.6 is 0 Å². The summed E-state index contributed by atoms with van der Waals surface area (Å²) in [7, 11) is 1.36. The van der Waals surface area contributed by atoms with Gasteiger partial charge in [0.25, 0.3) is 0 Å². The SMILES string of the molecule is COC(=O)Cc1ccc(C(C)O)cc1OCc1ccc2c(c1)-c1cccc(CN)c1OC2. The van der Waals surface area contributed by atoms with Crippen molar-refractivity contribution in [2.45, 2.75) is 39.2 Å². The molecule has 0 fully saturated rings. The number of nitrogens with two attached hydrogens (primary N) is 1. The molecule has 1 heterocycles. The Morgan fingerprint density at radius 3 is 2.72 bits per heavy atom. The van der Waals surface area contributed by atoms with Crippen molar-refractivity contribution in [1.82, 2.24) is 0 Å². The number of rotatable bonds is 7. The number of hydrogen-bond acceptors (Lipinski definition) is 6. The van der Waals surface area contributed by atoms with Gasteiger partial charge in [-0.3, -0.25) is 4.79 Å². The van der Waals surface area contributed by atoms with Crippen LogP contribution in [0.1, 0.15) is 40.8 Å². The summed E-state index contributed by atoms with van der Waals surface area (Å²) in [5.41, 5.74) is 12.5. The molecule has 6 nitrogen and oxygen atoms in total. The second-order valence-electron chi connectivity index (χ2n) is 7.86. The van der Waals surface area contributed by atoms with Crippen LogP contribution in [0.2, 0.25) is 0 Å². The normalized spacial score (nSPS) is 12.9. The van der Waals surface area contributed by atoms with E-state index >= 15 is 0 Å². The van der Waals surface area contributed by atoms with Gasteiger partial charge in [0.2, 0.25) is 0 Å². The van der Waals surface area contributed by atoms with Crippen LogP contribution in [0, 0.1) is 0 Å². The smallest absolute Gasteiger partial charge is 0.310 e. The molecular formula is C26H27NO5. The Labute approximate surface area is 187 Å². The van der Waals surface area contributed by atoms with Crippen molar-refractivity contribution in [2.24, 2.45) is 5.73 Å². The Bertz CT molecular complexity index is 1140. The second-order valence-corrected chi connectivity index (χ2v) is 7.86. The van der Waals surface area contributed by atoms with E-state index in [-0.39, 0.29) is 12.4 Å². The number of hydrogen-bond donors (Lipinski definition) is 2. The van der Waals surface area contributed by atoms with Crippen LogP contribution < -0.4 is 15.2 Å². The third kappa shape index (κ3) is 4.47. The molecule has 4 rings (SSSR count). The molecule has 0 saturated carbocycles. The van der Waals surface area contributed by atoms with Gasteiger partial charge in [0.1, 0.15) is 24.7 Å². The van der Waals surface area contributed by atoms with Gasteiger partial charge in [0.05, 0.1) is 19.6 Å². The maximum atomic E-state index is 11.8. The highest BCUT2D eigenvalue weighted by atomic mass is 16.5. The number of ether oxygens (including phenoxy) is 3. The first-order valence-electron chi connectivity index (χ1n) is 10.6. The minimum Gasteiger partial charge on any atom is -0.489 e. The maximum absolute atomic E-state index is 11.8. The minimum absolute atomic E-state index is 0.0999. The number of para-hydroxylation sites is 1. The minimum atomic E-state index is -0.637. The van der Waals surface area contributed by atoms with Crippen molar-refractivity contribution in [3.05, 3.63) is 82.4 Å². The molecule has 3 aromatic carbocycles. The van der Waals surface area contributed by atoms with E-state index in [0.29, 0.717) is 31.1 Å². The molecule has 32 heavy (non-hydrogen) atoms. The summed E-state index contributed by atoms with van der Waals surface area (Å²) in [4.78, 5) is 11.8. The van der Waals surface area contributed by atoms with Crippen LogP contribution in [0.25, 0.3) is 11.1 Å². The van der Waals surface area contributed by atoms with E-state index in [1.54, 1.807) is 25.1 Å². The van der Waals surface area contributed by atoms with Crippen LogP contribution in [0.3, 0.4) is 0 Å². The first-order valence-corrected chi connectivity index (χ1v) is 10.6. The van der Waals surface area contributed by atoms with Gasteiger partial charge in [-0.25, -0.2) is 0 Å². The number of carbonyl (C=O) groups excluding carboxylic acids is 1. The fourth-order valence-electron chi connectivity index (χ4n) is 3.87. The summed E-state index contributed by atoms with van der Waals surface area (Å²) < 4.78 is 16.9. The van der Waals surface area contributed by atoms with Crippen molar-refractivity contribution in [1.29, 1.82) is 0 Å². The standard InChI is InChI=1S/C26H27NO5/c1-16(28)18-8-9-19(12-25(29)30-2)24(11-18)31-14-17-6-7-21-15-32-26-20(13-27)4-3-5-22(26)23(21)10-17/h3-11,16,28H,12-15,27H2,1-2H3. The summed E-state index contributed by atoms with van der Waals surface area (Å²) in [5.74, 6) is 1.05. The van der Waals surface area contributed by atoms with Crippen LogP contribution in [-0.4, -0.2) is 18.2 Å². The van der Waals surface area contributed by atoms with E-state index in [0.717, 1.165) is 39.1 Å². The van der Waals surface area contributed by atoms with Crippen molar-refractivity contribution < 1.29 is 24.1 Å². The molecule has 0 amide bonds. The summed E-state index contributed by atoms with van der Waals surface area (Å²) in [5, 5.41) is 9.95. The number of fused-ring (bicyclic) bond motifs is 3. The Kier molecular flexibility index (Phi) is 6.44. The van der Waals surface area contributed by atoms with E-state index in [1.807, 2.05) is 30.3 Å². The zero-order chi connectivity index (χ0) is 22.7. The van der Waals surface area contributed by atoms with Gasteiger partial charge in [-0.2, -0.15) is 0 Å². The number of aliphatic hydroxyl groups excluding tert-OH is 1. The Balaban J connectivity index is 1.61. The van der Waals surface area contributed by atoms with E-state index in [4.69, 9.17) is 19.9 Å². The first kappa shape index (κ1) is 21.9. The molecule has 3 N–H and O–H groups in total. The van der Waals surface area contributed by atoms with E-state index in [9.17, 15) is 9.90 Å². The van der Waals surface area contributed by atoms with Crippen LogP contribution in [0.4, 0.5) is 0 Å². The first-order chi connectivity index (χ1) is 15.5. The van der Waals surface area contributed by atoms with Crippen LogP contribution in [-0.2, 0) is 35.7 Å². The van der Waals surface area contributed by atoms with E-state index in [2.05, 4.69) is 6.07 Å². The second kappa shape index (κ2) is 9.42. The van der Waals surface area contributed by atoms with E-state index < -0.39 is 6.10 Å². The van der Waals surface area contributed by atoms with Gasteiger partial charge in [-0.15, -0.1) is 0 Å². The zero-order valence-corrected chi connectivity index (χ0v) is 18.3. The van der Waals surface area contributed by atoms with Gasteiger partial charge in [0.15, 0.2) is 0 Å².